The molecule has 3 rings (SSSR count). The van der Waals surface area contributed by atoms with E-state index in [4.69, 9.17) is 0 Å². The Kier molecular flexibility index (Phi) is 6.72. The van der Waals surface area contributed by atoms with E-state index in [1.54, 1.807) is 4.90 Å². The smallest absolute Gasteiger partial charge is 0.312 e. The first kappa shape index (κ1) is 21.4. The molecule has 158 valence electrons. The minimum atomic E-state index is -0.598. The van der Waals surface area contributed by atoms with Crippen LogP contribution in [0.5, 0.6) is 0 Å². The van der Waals surface area contributed by atoms with Crippen LogP contribution in [-0.2, 0) is 9.59 Å². The molecule has 7 nitrogen and oxygen atoms in total. The number of para-hydroxylation sites is 2. The third-order valence-electron chi connectivity index (χ3n) is 5.11. The van der Waals surface area contributed by atoms with E-state index in [0.29, 0.717) is 31.7 Å². The van der Waals surface area contributed by atoms with E-state index in [9.17, 15) is 14.4 Å². The average Bonchev–Trinajstić information content (AvgIpc) is 2.78. The van der Waals surface area contributed by atoms with E-state index in [0.717, 1.165) is 11.4 Å². The number of hydrogen-bond acceptors (Lipinski definition) is 4. The summed E-state index contributed by atoms with van der Waals surface area (Å²) in [6.45, 7) is 5.09. The van der Waals surface area contributed by atoms with Gasteiger partial charge in [0, 0.05) is 45.0 Å². The maximum Gasteiger partial charge on any atom is 0.312 e. The van der Waals surface area contributed by atoms with Gasteiger partial charge in [0.1, 0.15) is 0 Å². The summed E-state index contributed by atoms with van der Waals surface area (Å²) in [5.74, 6) is -1.22. The highest BCUT2D eigenvalue weighted by Crippen LogP contribution is 2.28. The Balaban J connectivity index is 1.69. The molecule has 1 saturated heterocycles. The second kappa shape index (κ2) is 9.43. The van der Waals surface area contributed by atoms with E-state index in [2.05, 4.69) is 5.32 Å². The molecule has 1 N–H and O–H groups in total. The number of hydrogen-bond donors (Lipinski definition) is 1. The lowest BCUT2D eigenvalue weighted by atomic mass is 10.1. The molecule has 30 heavy (non-hydrogen) atoms. The Morgan fingerprint density at radius 3 is 2.07 bits per heavy atom. The summed E-state index contributed by atoms with van der Waals surface area (Å²) < 4.78 is 0. The highest BCUT2D eigenvalue weighted by molar-refractivity contribution is 6.35. The van der Waals surface area contributed by atoms with E-state index in [1.807, 2.05) is 80.4 Å². The number of anilines is 2. The molecular weight excluding hydrogens is 380 g/mol. The molecule has 1 aliphatic heterocycles. The molecule has 0 bridgehead atoms. The molecule has 0 radical (unpaired) electrons. The van der Waals surface area contributed by atoms with Gasteiger partial charge in [-0.05, 0) is 38.1 Å². The summed E-state index contributed by atoms with van der Waals surface area (Å²) >= 11 is 0. The maximum atomic E-state index is 13.2. The molecule has 0 atom stereocenters. The topological polar surface area (TPSA) is 73.0 Å². The Labute approximate surface area is 177 Å². The minimum Gasteiger partial charge on any atom is -0.346 e. The van der Waals surface area contributed by atoms with Crippen molar-refractivity contribution in [3.05, 3.63) is 60.2 Å². The molecule has 7 heteroatoms. The lowest BCUT2D eigenvalue weighted by Crippen LogP contribution is -2.54. The third kappa shape index (κ3) is 4.79. The highest BCUT2D eigenvalue weighted by atomic mass is 16.2. The van der Waals surface area contributed by atoms with Gasteiger partial charge in [0.25, 0.3) is 5.91 Å². The van der Waals surface area contributed by atoms with Crippen molar-refractivity contribution in [1.82, 2.24) is 15.1 Å². The number of benzene rings is 2. The lowest BCUT2D eigenvalue weighted by Gasteiger charge is -2.35. The van der Waals surface area contributed by atoms with Crippen molar-refractivity contribution in [3.63, 3.8) is 0 Å². The quantitative estimate of drug-likeness (QED) is 0.788. The third-order valence-corrected chi connectivity index (χ3v) is 5.11. The molecule has 1 aliphatic rings. The van der Waals surface area contributed by atoms with Gasteiger partial charge in [0.2, 0.25) is 0 Å². The molecule has 0 spiro atoms. The van der Waals surface area contributed by atoms with E-state index in [-0.39, 0.29) is 11.9 Å². The lowest BCUT2D eigenvalue weighted by molar-refractivity contribution is -0.147. The van der Waals surface area contributed by atoms with Crippen LogP contribution in [0.15, 0.2) is 54.6 Å². The Morgan fingerprint density at radius 1 is 0.867 bits per heavy atom. The van der Waals surface area contributed by atoms with E-state index >= 15 is 0 Å². The van der Waals surface area contributed by atoms with Gasteiger partial charge in [0.05, 0.1) is 11.3 Å². The van der Waals surface area contributed by atoms with Crippen LogP contribution >= 0.6 is 0 Å². The van der Waals surface area contributed by atoms with E-state index < -0.39 is 11.8 Å². The number of nitrogens with one attached hydrogen (secondary N) is 1. The second-order valence-corrected chi connectivity index (χ2v) is 7.62. The summed E-state index contributed by atoms with van der Waals surface area (Å²) in [7, 11) is 1.94. The normalized spacial score (nSPS) is 13.9. The first-order valence-corrected chi connectivity index (χ1v) is 10.2. The average molecular weight is 409 g/mol. The molecule has 1 fully saturated rings. The van der Waals surface area contributed by atoms with Crippen molar-refractivity contribution < 1.29 is 14.4 Å². The van der Waals surface area contributed by atoms with Crippen molar-refractivity contribution >= 4 is 29.1 Å². The number of piperazine rings is 1. The zero-order valence-corrected chi connectivity index (χ0v) is 17.7. The minimum absolute atomic E-state index is 0.0767. The summed E-state index contributed by atoms with van der Waals surface area (Å²) in [4.78, 5) is 42.7. The molecular formula is C23H28N4O3. The van der Waals surface area contributed by atoms with Crippen molar-refractivity contribution in [2.75, 3.05) is 38.1 Å². The van der Waals surface area contributed by atoms with Crippen LogP contribution in [0.4, 0.5) is 11.4 Å². The van der Waals surface area contributed by atoms with Crippen LogP contribution in [0, 0.1) is 0 Å². The number of carbonyl (C=O) groups excluding carboxylic acids is 3. The van der Waals surface area contributed by atoms with Gasteiger partial charge in [-0.25, -0.2) is 0 Å². The summed E-state index contributed by atoms with van der Waals surface area (Å²) in [6, 6.07) is 17.3. The zero-order valence-electron chi connectivity index (χ0n) is 17.7. The zero-order chi connectivity index (χ0) is 21.7. The number of amides is 3. The van der Waals surface area contributed by atoms with Crippen LogP contribution in [0.1, 0.15) is 24.2 Å². The molecule has 1 heterocycles. The highest BCUT2D eigenvalue weighted by Gasteiger charge is 2.29. The van der Waals surface area contributed by atoms with Gasteiger partial charge >= 0.3 is 11.8 Å². The van der Waals surface area contributed by atoms with Gasteiger partial charge in [-0.1, -0.05) is 30.3 Å². The van der Waals surface area contributed by atoms with Gasteiger partial charge in [0.15, 0.2) is 0 Å². The number of rotatable bonds is 4. The van der Waals surface area contributed by atoms with Crippen molar-refractivity contribution in [1.29, 1.82) is 0 Å². The van der Waals surface area contributed by atoms with Crippen LogP contribution in [0.3, 0.4) is 0 Å². The maximum absolute atomic E-state index is 13.2. The van der Waals surface area contributed by atoms with Crippen LogP contribution < -0.4 is 10.2 Å². The first-order valence-electron chi connectivity index (χ1n) is 10.2. The standard InChI is InChI=1S/C23H28N4O3/c1-17(2)24-21(28)23(30)27-15-13-26(14-16-27)22(29)19-11-7-8-12-20(19)25(3)18-9-5-4-6-10-18/h4-12,17H,13-16H2,1-3H3,(H,24,28). The fourth-order valence-electron chi connectivity index (χ4n) is 3.49. The fourth-order valence-corrected chi connectivity index (χ4v) is 3.49. The van der Waals surface area contributed by atoms with Crippen LogP contribution in [0.2, 0.25) is 0 Å². The van der Waals surface area contributed by atoms with Crippen molar-refractivity contribution in [2.24, 2.45) is 0 Å². The molecule has 0 aliphatic carbocycles. The van der Waals surface area contributed by atoms with Gasteiger partial charge in [-0.2, -0.15) is 0 Å². The van der Waals surface area contributed by atoms with Crippen molar-refractivity contribution in [3.8, 4) is 0 Å². The molecule has 3 amide bonds. The van der Waals surface area contributed by atoms with Crippen molar-refractivity contribution in [2.45, 2.75) is 19.9 Å². The van der Waals surface area contributed by atoms with E-state index in [1.165, 1.54) is 4.90 Å². The Morgan fingerprint density at radius 2 is 1.43 bits per heavy atom. The Hall–Kier alpha value is -3.35. The number of nitrogens with zero attached hydrogens (tertiary/aromatic N) is 3. The molecule has 0 unspecified atom stereocenters. The van der Waals surface area contributed by atoms with Gasteiger partial charge in [-0.3, -0.25) is 14.4 Å². The monoisotopic (exact) mass is 408 g/mol. The molecule has 0 aromatic heterocycles. The second-order valence-electron chi connectivity index (χ2n) is 7.62. The summed E-state index contributed by atoms with van der Waals surface area (Å²) in [5.41, 5.74) is 2.43. The summed E-state index contributed by atoms with van der Waals surface area (Å²) in [6.07, 6.45) is 0. The first-order chi connectivity index (χ1) is 14.4. The Bertz CT molecular complexity index is 906. The van der Waals surface area contributed by atoms with Gasteiger partial charge < -0.3 is 20.0 Å². The van der Waals surface area contributed by atoms with Crippen LogP contribution in [0.25, 0.3) is 0 Å². The number of carbonyl (C=O) groups is 3. The molecule has 2 aromatic carbocycles. The largest absolute Gasteiger partial charge is 0.346 e. The SMILES string of the molecule is CC(C)NC(=O)C(=O)N1CCN(C(=O)c2ccccc2N(C)c2ccccc2)CC1. The molecule has 0 saturated carbocycles. The molecule has 2 aromatic rings. The summed E-state index contributed by atoms with van der Waals surface area (Å²) in [5, 5.41) is 2.62. The van der Waals surface area contributed by atoms with Gasteiger partial charge in [-0.15, -0.1) is 0 Å². The fraction of sp³-hybridized carbons (Fsp3) is 0.348. The predicted octanol–water partition coefficient (Wildman–Crippen LogP) is 2.26. The predicted molar refractivity (Wildman–Crippen MR) is 117 cm³/mol. The van der Waals surface area contributed by atoms with Crippen LogP contribution in [-0.4, -0.2) is 66.8 Å².